The van der Waals surface area contributed by atoms with Gasteiger partial charge >= 0.3 is 0 Å². The van der Waals surface area contributed by atoms with Crippen molar-refractivity contribution in [3.8, 4) is 0 Å². The molecule has 0 bridgehead atoms. The van der Waals surface area contributed by atoms with Crippen LogP contribution in [0.15, 0.2) is 36.5 Å². The Morgan fingerprint density at radius 3 is 2.71 bits per heavy atom. The SMILES string of the molecule is CCNC(c1ccccc1Cl)c1ccnn1C. The van der Waals surface area contributed by atoms with Crippen LogP contribution in [0.25, 0.3) is 0 Å². The molecule has 0 fully saturated rings. The van der Waals surface area contributed by atoms with Gasteiger partial charge in [0.25, 0.3) is 0 Å². The molecule has 3 nitrogen and oxygen atoms in total. The first-order valence-electron chi connectivity index (χ1n) is 5.69. The van der Waals surface area contributed by atoms with E-state index in [1.54, 1.807) is 6.20 Å². The van der Waals surface area contributed by atoms with Crippen molar-refractivity contribution in [3.05, 3.63) is 52.8 Å². The smallest absolute Gasteiger partial charge is 0.0762 e. The minimum Gasteiger partial charge on any atom is -0.305 e. The number of nitrogens with one attached hydrogen (secondary N) is 1. The average Bonchev–Trinajstić information content (AvgIpc) is 2.74. The molecule has 2 rings (SSSR count). The first kappa shape index (κ1) is 12.1. The van der Waals surface area contributed by atoms with Gasteiger partial charge in [-0.15, -0.1) is 0 Å². The molecule has 0 amide bonds. The Hall–Kier alpha value is -1.32. The quantitative estimate of drug-likeness (QED) is 0.903. The summed E-state index contributed by atoms with van der Waals surface area (Å²) in [6.45, 7) is 2.96. The number of rotatable bonds is 4. The van der Waals surface area contributed by atoms with E-state index in [-0.39, 0.29) is 6.04 Å². The third kappa shape index (κ3) is 2.51. The Morgan fingerprint density at radius 1 is 1.35 bits per heavy atom. The molecule has 0 aliphatic carbocycles. The average molecular weight is 250 g/mol. The lowest BCUT2D eigenvalue weighted by Gasteiger charge is -2.19. The van der Waals surface area contributed by atoms with Crippen LogP contribution in [-0.2, 0) is 7.05 Å². The van der Waals surface area contributed by atoms with Gasteiger partial charge in [-0.2, -0.15) is 5.10 Å². The van der Waals surface area contributed by atoms with Gasteiger partial charge in [-0.3, -0.25) is 4.68 Å². The van der Waals surface area contributed by atoms with E-state index in [9.17, 15) is 0 Å². The molecule has 4 heteroatoms. The largest absolute Gasteiger partial charge is 0.305 e. The van der Waals surface area contributed by atoms with Crippen LogP contribution in [0.1, 0.15) is 24.2 Å². The lowest BCUT2D eigenvalue weighted by molar-refractivity contribution is 0.573. The molecule has 1 N–H and O–H groups in total. The number of aryl methyl sites for hydroxylation is 1. The normalized spacial score (nSPS) is 12.6. The van der Waals surface area contributed by atoms with Crippen molar-refractivity contribution >= 4 is 11.6 Å². The third-order valence-corrected chi connectivity index (χ3v) is 3.12. The molecular weight excluding hydrogens is 234 g/mol. The summed E-state index contributed by atoms with van der Waals surface area (Å²) in [6.07, 6.45) is 1.80. The molecule has 90 valence electrons. The lowest BCUT2D eigenvalue weighted by atomic mass is 10.0. The molecule has 1 unspecified atom stereocenters. The minimum atomic E-state index is 0.0844. The van der Waals surface area contributed by atoms with Crippen molar-refractivity contribution in [2.45, 2.75) is 13.0 Å². The first-order valence-corrected chi connectivity index (χ1v) is 6.07. The number of aromatic nitrogens is 2. The van der Waals surface area contributed by atoms with Crippen molar-refractivity contribution in [2.75, 3.05) is 6.54 Å². The van der Waals surface area contributed by atoms with Crippen LogP contribution in [-0.4, -0.2) is 16.3 Å². The van der Waals surface area contributed by atoms with Crippen molar-refractivity contribution in [1.29, 1.82) is 0 Å². The van der Waals surface area contributed by atoms with E-state index >= 15 is 0 Å². The Morgan fingerprint density at radius 2 is 2.12 bits per heavy atom. The number of nitrogens with zero attached hydrogens (tertiary/aromatic N) is 2. The molecule has 1 heterocycles. The van der Waals surface area contributed by atoms with Gasteiger partial charge in [0.1, 0.15) is 0 Å². The van der Waals surface area contributed by atoms with Gasteiger partial charge in [0.15, 0.2) is 0 Å². The van der Waals surface area contributed by atoms with Crippen molar-refractivity contribution in [2.24, 2.45) is 7.05 Å². The molecule has 17 heavy (non-hydrogen) atoms. The molecule has 1 atom stereocenters. The van der Waals surface area contributed by atoms with Crippen molar-refractivity contribution in [3.63, 3.8) is 0 Å². The maximum absolute atomic E-state index is 6.25. The summed E-state index contributed by atoms with van der Waals surface area (Å²) in [5, 5.41) is 8.42. The summed E-state index contributed by atoms with van der Waals surface area (Å²) in [7, 11) is 1.94. The summed E-state index contributed by atoms with van der Waals surface area (Å²) in [5.74, 6) is 0. The van der Waals surface area contributed by atoms with Crippen LogP contribution >= 0.6 is 11.6 Å². The maximum Gasteiger partial charge on any atom is 0.0762 e. The molecule has 1 aromatic carbocycles. The first-order chi connectivity index (χ1) is 8.24. The topological polar surface area (TPSA) is 29.9 Å². The number of benzene rings is 1. The van der Waals surface area contributed by atoms with Gasteiger partial charge in [0, 0.05) is 18.3 Å². The van der Waals surface area contributed by atoms with E-state index in [1.165, 1.54) is 0 Å². The Balaban J connectivity index is 2.43. The summed E-state index contributed by atoms with van der Waals surface area (Å²) in [5.41, 5.74) is 2.19. The predicted octanol–water partition coefficient (Wildman–Crippen LogP) is 2.77. The molecular formula is C13H16ClN3. The fourth-order valence-corrected chi connectivity index (χ4v) is 2.20. The molecule has 0 saturated carbocycles. The van der Waals surface area contributed by atoms with Gasteiger partial charge < -0.3 is 5.32 Å². The summed E-state index contributed by atoms with van der Waals surface area (Å²) < 4.78 is 1.87. The zero-order valence-electron chi connectivity index (χ0n) is 10.0. The van der Waals surface area contributed by atoms with Gasteiger partial charge in [-0.25, -0.2) is 0 Å². The second-order valence-electron chi connectivity index (χ2n) is 3.89. The highest BCUT2D eigenvalue weighted by molar-refractivity contribution is 6.31. The highest BCUT2D eigenvalue weighted by atomic mass is 35.5. The fourth-order valence-electron chi connectivity index (χ4n) is 1.95. The molecule has 0 spiro atoms. The van der Waals surface area contributed by atoms with E-state index in [2.05, 4.69) is 17.3 Å². The summed E-state index contributed by atoms with van der Waals surface area (Å²) >= 11 is 6.25. The van der Waals surface area contributed by atoms with Gasteiger partial charge in [0.05, 0.1) is 11.7 Å². The van der Waals surface area contributed by atoms with Crippen LogP contribution in [0.2, 0.25) is 5.02 Å². The highest BCUT2D eigenvalue weighted by Gasteiger charge is 2.18. The van der Waals surface area contributed by atoms with Gasteiger partial charge in [-0.1, -0.05) is 36.7 Å². The number of hydrogen-bond donors (Lipinski definition) is 1. The monoisotopic (exact) mass is 249 g/mol. The van der Waals surface area contributed by atoms with Crippen LogP contribution < -0.4 is 5.32 Å². The van der Waals surface area contributed by atoms with E-state index < -0.39 is 0 Å². The summed E-state index contributed by atoms with van der Waals surface area (Å²) in [4.78, 5) is 0. The second kappa shape index (κ2) is 5.34. The van der Waals surface area contributed by atoms with E-state index in [0.29, 0.717) is 0 Å². The number of hydrogen-bond acceptors (Lipinski definition) is 2. The summed E-state index contributed by atoms with van der Waals surface area (Å²) in [6, 6.07) is 10.00. The molecule has 0 aliphatic rings. The van der Waals surface area contributed by atoms with Crippen LogP contribution in [0.5, 0.6) is 0 Å². The van der Waals surface area contributed by atoms with E-state index in [0.717, 1.165) is 22.8 Å². The van der Waals surface area contributed by atoms with Crippen molar-refractivity contribution in [1.82, 2.24) is 15.1 Å². The predicted molar refractivity (Wildman–Crippen MR) is 70.2 cm³/mol. The molecule has 0 aliphatic heterocycles. The maximum atomic E-state index is 6.25. The fraction of sp³-hybridized carbons (Fsp3) is 0.308. The van der Waals surface area contributed by atoms with E-state index in [1.807, 2.05) is 42.1 Å². The molecule has 2 aromatic rings. The van der Waals surface area contributed by atoms with Gasteiger partial charge in [0.2, 0.25) is 0 Å². The van der Waals surface area contributed by atoms with Gasteiger partial charge in [-0.05, 0) is 24.2 Å². The zero-order chi connectivity index (χ0) is 12.3. The second-order valence-corrected chi connectivity index (χ2v) is 4.30. The van der Waals surface area contributed by atoms with Crippen LogP contribution in [0.3, 0.4) is 0 Å². The van der Waals surface area contributed by atoms with Crippen molar-refractivity contribution < 1.29 is 0 Å². The molecule has 0 radical (unpaired) electrons. The Labute approximate surface area is 106 Å². The number of halogens is 1. The minimum absolute atomic E-state index is 0.0844. The van der Waals surface area contributed by atoms with Crippen LogP contribution in [0.4, 0.5) is 0 Å². The standard InChI is InChI=1S/C13H16ClN3/c1-3-15-13(12-8-9-16-17(12)2)10-6-4-5-7-11(10)14/h4-9,13,15H,3H2,1-2H3. The highest BCUT2D eigenvalue weighted by Crippen LogP contribution is 2.27. The van der Waals surface area contributed by atoms with Crippen LogP contribution in [0, 0.1) is 0 Å². The third-order valence-electron chi connectivity index (χ3n) is 2.78. The zero-order valence-corrected chi connectivity index (χ0v) is 10.8. The Bertz CT molecular complexity index is 493. The lowest BCUT2D eigenvalue weighted by Crippen LogP contribution is -2.24. The molecule has 0 saturated heterocycles. The Kier molecular flexibility index (Phi) is 3.82. The van der Waals surface area contributed by atoms with E-state index in [4.69, 9.17) is 11.6 Å². The molecule has 1 aromatic heterocycles.